The Morgan fingerprint density at radius 3 is 2.08 bits per heavy atom. The maximum Gasteiger partial charge on any atom is 0.0540 e. The van der Waals surface area contributed by atoms with Gasteiger partial charge < -0.3 is 4.90 Å². The SMILES string of the molecule is CC1(C)C2=C(CCC=C2)c2c(-c3ccccc3N(c3cccc(-c4cccc5c4sc4ccccc45)c3)c3ccc4c(c3)-c3ccccc3C4(C)c3ccccc3)cccc21. The topological polar surface area (TPSA) is 3.24 Å². The van der Waals surface area contributed by atoms with Gasteiger partial charge in [-0.15, -0.1) is 11.3 Å². The zero-order chi connectivity index (χ0) is 40.9. The molecule has 12 rings (SSSR count). The molecule has 9 aromatic rings. The van der Waals surface area contributed by atoms with Crippen LogP contribution in [0.25, 0.3) is 59.1 Å². The van der Waals surface area contributed by atoms with Crippen LogP contribution >= 0.6 is 11.3 Å². The summed E-state index contributed by atoms with van der Waals surface area (Å²) in [5, 5.41) is 2.64. The molecule has 3 aliphatic carbocycles. The molecule has 0 bridgehead atoms. The predicted octanol–water partition coefficient (Wildman–Crippen LogP) is 16.6. The van der Waals surface area contributed by atoms with Crippen molar-refractivity contribution in [3.8, 4) is 33.4 Å². The predicted molar refractivity (Wildman–Crippen MR) is 261 cm³/mol. The van der Waals surface area contributed by atoms with Crippen LogP contribution in [0, 0.1) is 0 Å². The number of benzene rings is 8. The van der Waals surface area contributed by atoms with E-state index >= 15 is 0 Å². The highest BCUT2D eigenvalue weighted by Gasteiger charge is 2.42. The van der Waals surface area contributed by atoms with Crippen LogP contribution in [-0.4, -0.2) is 0 Å². The Labute approximate surface area is 362 Å². The van der Waals surface area contributed by atoms with Crippen molar-refractivity contribution in [3.63, 3.8) is 0 Å². The smallest absolute Gasteiger partial charge is 0.0540 e. The molecule has 61 heavy (non-hydrogen) atoms. The van der Waals surface area contributed by atoms with E-state index in [0.717, 1.165) is 24.2 Å². The molecule has 1 aromatic heterocycles. The summed E-state index contributed by atoms with van der Waals surface area (Å²) >= 11 is 1.89. The number of para-hydroxylation sites is 1. The molecule has 8 aromatic carbocycles. The third kappa shape index (κ3) is 5.32. The number of rotatable bonds is 6. The Bertz CT molecular complexity index is 3300. The molecule has 292 valence electrons. The fourth-order valence-electron chi connectivity index (χ4n) is 11.1. The summed E-state index contributed by atoms with van der Waals surface area (Å²) in [5.41, 5.74) is 20.6. The first kappa shape index (κ1) is 36.1. The zero-order valence-corrected chi connectivity index (χ0v) is 35.6. The fraction of sp³-hybridized carbons (Fsp3) is 0.119. The largest absolute Gasteiger partial charge is 0.310 e. The van der Waals surface area contributed by atoms with Gasteiger partial charge in [0.05, 0.1) is 5.69 Å². The second-order valence-electron chi connectivity index (χ2n) is 17.6. The average Bonchev–Trinajstić information content (AvgIpc) is 3.91. The summed E-state index contributed by atoms with van der Waals surface area (Å²) < 4.78 is 2.65. The lowest BCUT2D eigenvalue weighted by atomic mass is 9.74. The van der Waals surface area contributed by atoms with Gasteiger partial charge in [0.25, 0.3) is 0 Å². The van der Waals surface area contributed by atoms with Gasteiger partial charge in [-0.2, -0.15) is 0 Å². The lowest BCUT2D eigenvalue weighted by molar-refractivity contribution is 0.651. The molecule has 0 saturated carbocycles. The molecule has 1 nitrogen and oxygen atoms in total. The molecule has 0 fully saturated rings. The standard InChI is InChI=1S/C59H45NS/c1-58(2)50-29-11-8-25-48(50)56-46(27-17-31-53(56)58)44-23-9-13-32-54(44)60(40-21-15-18-38(36-40)42-26-16-28-47-45-24-10-14-33-55(45)61-57(42)47)41-34-35-52-49(37-41)43-22-7-12-30-51(43)59(52,3)39-19-5-4-6-20-39/h4-7,9-24,26-37H,8,25H2,1-3H3. The second kappa shape index (κ2) is 13.6. The van der Waals surface area contributed by atoms with Crippen molar-refractivity contribution < 1.29 is 0 Å². The van der Waals surface area contributed by atoms with Crippen molar-refractivity contribution in [3.05, 3.63) is 228 Å². The summed E-state index contributed by atoms with van der Waals surface area (Å²) in [6.45, 7) is 7.21. The van der Waals surface area contributed by atoms with Crippen molar-refractivity contribution in [2.75, 3.05) is 4.90 Å². The van der Waals surface area contributed by atoms with Crippen molar-refractivity contribution >= 4 is 54.1 Å². The van der Waals surface area contributed by atoms with Crippen LogP contribution in [0.3, 0.4) is 0 Å². The van der Waals surface area contributed by atoms with E-state index in [1.54, 1.807) is 0 Å². The lowest BCUT2D eigenvalue weighted by Crippen LogP contribution is -2.22. The van der Waals surface area contributed by atoms with E-state index in [-0.39, 0.29) is 10.8 Å². The molecule has 0 amide bonds. The van der Waals surface area contributed by atoms with Gasteiger partial charge in [0.2, 0.25) is 0 Å². The number of fused-ring (bicyclic) bond motifs is 8. The van der Waals surface area contributed by atoms with Crippen molar-refractivity contribution in [2.24, 2.45) is 0 Å². The molecule has 0 saturated heterocycles. The highest BCUT2D eigenvalue weighted by atomic mass is 32.1. The Balaban J connectivity index is 1.10. The normalized spacial score (nSPS) is 17.0. The Hall–Kier alpha value is -6.74. The van der Waals surface area contributed by atoms with Crippen molar-refractivity contribution in [2.45, 2.75) is 44.4 Å². The first-order chi connectivity index (χ1) is 29.9. The van der Waals surface area contributed by atoms with Gasteiger partial charge >= 0.3 is 0 Å². The van der Waals surface area contributed by atoms with Crippen LogP contribution in [0.15, 0.2) is 200 Å². The molecular formula is C59H45NS. The first-order valence-electron chi connectivity index (χ1n) is 21.7. The van der Waals surface area contributed by atoms with Gasteiger partial charge in [-0.25, -0.2) is 0 Å². The van der Waals surface area contributed by atoms with Crippen molar-refractivity contribution in [1.82, 2.24) is 0 Å². The Morgan fingerprint density at radius 1 is 0.508 bits per heavy atom. The summed E-state index contributed by atoms with van der Waals surface area (Å²) in [7, 11) is 0. The number of thiophene rings is 1. The number of hydrogen-bond acceptors (Lipinski definition) is 2. The third-order valence-corrected chi connectivity index (χ3v) is 15.3. The zero-order valence-electron chi connectivity index (χ0n) is 34.7. The molecular weight excluding hydrogens is 755 g/mol. The van der Waals surface area contributed by atoms with E-state index in [1.165, 1.54) is 98.2 Å². The van der Waals surface area contributed by atoms with Gasteiger partial charge in [-0.1, -0.05) is 172 Å². The van der Waals surface area contributed by atoms with Crippen LogP contribution < -0.4 is 4.90 Å². The maximum atomic E-state index is 2.53. The van der Waals surface area contributed by atoms with E-state index in [4.69, 9.17) is 0 Å². The quantitative estimate of drug-likeness (QED) is 0.162. The number of anilines is 3. The van der Waals surface area contributed by atoms with Crippen LogP contribution in [0.2, 0.25) is 0 Å². The van der Waals surface area contributed by atoms with E-state index in [1.807, 2.05) is 11.3 Å². The molecule has 0 N–H and O–H groups in total. The highest BCUT2D eigenvalue weighted by molar-refractivity contribution is 7.26. The monoisotopic (exact) mass is 799 g/mol. The van der Waals surface area contributed by atoms with Gasteiger partial charge in [0.1, 0.15) is 0 Å². The Morgan fingerprint density at radius 2 is 1.18 bits per heavy atom. The molecule has 3 aliphatic rings. The van der Waals surface area contributed by atoms with E-state index in [0.29, 0.717) is 0 Å². The summed E-state index contributed by atoms with van der Waals surface area (Å²) in [4.78, 5) is 2.53. The molecule has 0 radical (unpaired) electrons. The van der Waals surface area contributed by atoms with Crippen LogP contribution in [0.1, 0.15) is 61.4 Å². The summed E-state index contributed by atoms with van der Waals surface area (Å²) in [6, 6.07) is 68.3. The van der Waals surface area contributed by atoms with Crippen molar-refractivity contribution in [1.29, 1.82) is 0 Å². The second-order valence-corrected chi connectivity index (χ2v) is 18.7. The third-order valence-electron chi connectivity index (χ3n) is 14.0. The van der Waals surface area contributed by atoms with Crippen LogP contribution in [-0.2, 0) is 10.8 Å². The maximum absolute atomic E-state index is 2.53. The van der Waals surface area contributed by atoms with Crippen LogP contribution in [0.5, 0.6) is 0 Å². The van der Waals surface area contributed by atoms with Gasteiger partial charge in [0.15, 0.2) is 0 Å². The number of hydrogen-bond donors (Lipinski definition) is 0. The fourth-order valence-corrected chi connectivity index (χ4v) is 12.3. The molecule has 0 spiro atoms. The first-order valence-corrected chi connectivity index (χ1v) is 22.5. The van der Waals surface area contributed by atoms with Gasteiger partial charge in [-0.3, -0.25) is 0 Å². The molecule has 1 atom stereocenters. The Kier molecular flexibility index (Phi) is 8.08. The molecule has 2 heteroatoms. The molecule has 1 unspecified atom stereocenters. The average molecular weight is 800 g/mol. The lowest BCUT2D eigenvalue weighted by Gasteiger charge is -2.31. The van der Waals surface area contributed by atoms with Crippen LogP contribution in [0.4, 0.5) is 17.1 Å². The minimum Gasteiger partial charge on any atom is -0.310 e. The molecule has 0 aliphatic heterocycles. The summed E-state index contributed by atoms with van der Waals surface area (Å²) in [6.07, 6.45) is 6.91. The molecule has 1 heterocycles. The van der Waals surface area contributed by atoms with E-state index < -0.39 is 0 Å². The summed E-state index contributed by atoms with van der Waals surface area (Å²) in [5.74, 6) is 0. The van der Waals surface area contributed by atoms with E-state index in [2.05, 4.69) is 220 Å². The number of nitrogens with zero attached hydrogens (tertiary/aromatic N) is 1. The number of allylic oxidation sites excluding steroid dienone is 4. The van der Waals surface area contributed by atoms with E-state index in [9.17, 15) is 0 Å². The van der Waals surface area contributed by atoms with Gasteiger partial charge in [-0.05, 0) is 123 Å². The minimum absolute atomic E-state index is 0.0487. The highest BCUT2D eigenvalue weighted by Crippen LogP contribution is 2.56. The minimum atomic E-state index is -0.269. The van der Waals surface area contributed by atoms with Gasteiger partial charge in [0, 0.05) is 47.9 Å².